The maximum Gasteiger partial charge on any atom is 0.330 e. The second-order valence-corrected chi connectivity index (χ2v) is 6.07. The number of carbonyl (C=O) groups excluding carboxylic acids is 2. The van der Waals surface area contributed by atoms with Gasteiger partial charge in [-0.1, -0.05) is 29.8 Å². The van der Waals surface area contributed by atoms with Crippen LogP contribution < -0.4 is 0 Å². The van der Waals surface area contributed by atoms with E-state index in [0.717, 1.165) is 11.3 Å². The summed E-state index contributed by atoms with van der Waals surface area (Å²) in [7, 11) is 0. The van der Waals surface area contributed by atoms with E-state index in [4.69, 9.17) is 20.8 Å². The van der Waals surface area contributed by atoms with Crippen molar-refractivity contribution in [2.75, 3.05) is 6.61 Å². The molecule has 2 aromatic rings. The van der Waals surface area contributed by atoms with Gasteiger partial charge in [0, 0.05) is 17.5 Å². The number of esters is 1. The fourth-order valence-electron chi connectivity index (χ4n) is 2.64. The molecule has 0 unspecified atom stereocenters. The summed E-state index contributed by atoms with van der Waals surface area (Å²) in [5.74, 6) is -0.379. The maximum atomic E-state index is 12.5. The van der Waals surface area contributed by atoms with Gasteiger partial charge in [-0.2, -0.15) is 5.10 Å². The Labute approximate surface area is 155 Å². The van der Waals surface area contributed by atoms with Crippen LogP contribution in [0.25, 0.3) is 0 Å². The highest BCUT2D eigenvalue weighted by atomic mass is 35.5. The van der Waals surface area contributed by atoms with Crippen LogP contribution in [0.15, 0.2) is 64.3 Å². The summed E-state index contributed by atoms with van der Waals surface area (Å²) in [5, 5.41) is 6.37. The van der Waals surface area contributed by atoms with Crippen LogP contribution in [-0.2, 0) is 14.3 Å². The molecule has 0 saturated carbocycles. The van der Waals surface area contributed by atoms with Crippen molar-refractivity contribution in [1.82, 2.24) is 5.01 Å². The third-order valence-electron chi connectivity index (χ3n) is 3.86. The van der Waals surface area contributed by atoms with Crippen LogP contribution >= 0.6 is 11.6 Å². The summed E-state index contributed by atoms with van der Waals surface area (Å²) in [6, 6.07) is 10.4. The highest BCUT2D eigenvalue weighted by Crippen LogP contribution is 2.33. The number of furan rings is 1. The van der Waals surface area contributed by atoms with Crippen molar-refractivity contribution >= 4 is 29.2 Å². The van der Waals surface area contributed by atoms with Gasteiger partial charge in [0.1, 0.15) is 11.8 Å². The molecule has 1 amide bonds. The molecule has 1 aromatic heterocycles. The Morgan fingerprint density at radius 1 is 1.35 bits per heavy atom. The van der Waals surface area contributed by atoms with Crippen molar-refractivity contribution in [1.29, 1.82) is 0 Å². The minimum Gasteiger partial charge on any atom is -0.467 e. The van der Waals surface area contributed by atoms with E-state index in [-0.39, 0.29) is 6.04 Å². The summed E-state index contributed by atoms with van der Waals surface area (Å²) in [6.45, 7) is 1.30. The SMILES string of the molecule is C/C=C/C(=O)OCC(=O)N1N=C(c2ccc(Cl)cc2)C[C@H]1c1ccco1. The average molecular weight is 373 g/mol. The number of allylic oxidation sites excluding steroid dienone is 1. The third-order valence-corrected chi connectivity index (χ3v) is 4.11. The predicted molar refractivity (Wildman–Crippen MR) is 96.7 cm³/mol. The van der Waals surface area contributed by atoms with E-state index < -0.39 is 18.5 Å². The predicted octanol–water partition coefficient (Wildman–Crippen LogP) is 3.73. The fraction of sp³-hybridized carbons (Fsp3) is 0.211. The summed E-state index contributed by atoms with van der Waals surface area (Å²) in [4.78, 5) is 24.0. The number of hydrogen-bond acceptors (Lipinski definition) is 5. The van der Waals surface area contributed by atoms with Gasteiger partial charge >= 0.3 is 5.97 Å². The zero-order chi connectivity index (χ0) is 18.5. The summed E-state index contributed by atoms with van der Waals surface area (Å²) in [5.41, 5.74) is 1.60. The monoisotopic (exact) mass is 372 g/mol. The van der Waals surface area contributed by atoms with Gasteiger partial charge in [-0.15, -0.1) is 0 Å². The molecule has 2 heterocycles. The van der Waals surface area contributed by atoms with E-state index >= 15 is 0 Å². The van der Waals surface area contributed by atoms with Gasteiger partial charge in [-0.25, -0.2) is 9.80 Å². The first kappa shape index (κ1) is 17.9. The van der Waals surface area contributed by atoms with E-state index in [0.29, 0.717) is 17.2 Å². The quantitative estimate of drug-likeness (QED) is 0.592. The molecule has 0 saturated heterocycles. The van der Waals surface area contributed by atoms with Crippen molar-refractivity contribution in [2.45, 2.75) is 19.4 Å². The van der Waals surface area contributed by atoms with Crippen molar-refractivity contribution < 1.29 is 18.7 Å². The van der Waals surface area contributed by atoms with Gasteiger partial charge in [0.15, 0.2) is 6.61 Å². The summed E-state index contributed by atoms with van der Waals surface area (Å²) in [6.07, 6.45) is 4.84. The fourth-order valence-corrected chi connectivity index (χ4v) is 2.77. The lowest BCUT2D eigenvalue weighted by Gasteiger charge is -2.19. The Morgan fingerprint density at radius 3 is 2.77 bits per heavy atom. The summed E-state index contributed by atoms with van der Waals surface area (Å²) < 4.78 is 10.4. The molecular weight excluding hydrogens is 356 g/mol. The van der Waals surface area contributed by atoms with Crippen molar-refractivity contribution in [3.63, 3.8) is 0 Å². The number of amides is 1. The minimum absolute atomic E-state index is 0.386. The average Bonchev–Trinajstić information content (AvgIpc) is 3.30. The normalized spacial score (nSPS) is 16.8. The van der Waals surface area contributed by atoms with E-state index in [1.807, 2.05) is 12.1 Å². The summed E-state index contributed by atoms with van der Waals surface area (Å²) >= 11 is 5.93. The standard InChI is InChI=1S/C19H17ClN2O4/c1-2-4-19(24)26-12-18(23)22-16(17-5-3-10-25-17)11-15(21-22)13-6-8-14(20)9-7-13/h2-10,16H,11-12H2,1H3/b4-2+/t16-/m0/s1. The van der Waals surface area contributed by atoms with Gasteiger partial charge in [0.25, 0.3) is 5.91 Å². The topological polar surface area (TPSA) is 72.1 Å². The molecule has 1 atom stereocenters. The van der Waals surface area contributed by atoms with Gasteiger partial charge in [0.2, 0.25) is 0 Å². The number of nitrogens with zero attached hydrogens (tertiary/aromatic N) is 2. The highest BCUT2D eigenvalue weighted by Gasteiger charge is 2.35. The largest absolute Gasteiger partial charge is 0.467 e. The molecule has 1 aliphatic heterocycles. The molecule has 0 fully saturated rings. The first-order valence-electron chi connectivity index (χ1n) is 8.07. The Balaban J connectivity index is 1.81. The number of hydrazone groups is 1. The Hall–Kier alpha value is -2.86. The zero-order valence-corrected chi connectivity index (χ0v) is 14.8. The first-order valence-corrected chi connectivity index (χ1v) is 8.44. The van der Waals surface area contributed by atoms with E-state index in [2.05, 4.69) is 5.10 Å². The molecule has 6 nitrogen and oxygen atoms in total. The van der Waals surface area contributed by atoms with E-state index in [1.54, 1.807) is 43.5 Å². The molecule has 0 radical (unpaired) electrons. The Morgan fingerprint density at radius 2 is 2.12 bits per heavy atom. The number of hydrogen-bond donors (Lipinski definition) is 0. The van der Waals surface area contributed by atoms with Crippen LogP contribution in [0.5, 0.6) is 0 Å². The molecule has 1 aromatic carbocycles. The lowest BCUT2D eigenvalue weighted by molar-refractivity contribution is -0.149. The number of ether oxygens (including phenoxy) is 1. The molecule has 0 N–H and O–H groups in total. The van der Waals surface area contributed by atoms with Crippen molar-refractivity contribution in [3.8, 4) is 0 Å². The van der Waals surface area contributed by atoms with Crippen LogP contribution in [0, 0.1) is 0 Å². The number of benzene rings is 1. The second-order valence-electron chi connectivity index (χ2n) is 5.63. The molecule has 3 rings (SSSR count). The Bertz CT molecular complexity index is 841. The van der Waals surface area contributed by atoms with Crippen LogP contribution in [0.3, 0.4) is 0 Å². The molecule has 7 heteroatoms. The molecule has 0 bridgehead atoms. The lowest BCUT2D eigenvalue weighted by Crippen LogP contribution is -2.31. The van der Waals surface area contributed by atoms with Gasteiger partial charge < -0.3 is 9.15 Å². The van der Waals surface area contributed by atoms with Crippen LogP contribution in [0.2, 0.25) is 5.02 Å². The molecule has 26 heavy (non-hydrogen) atoms. The van der Waals surface area contributed by atoms with Crippen molar-refractivity contribution in [2.24, 2.45) is 5.10 Å². The smallest absolute Gasteiger partial charge is 0.330 e. The first-order chi connectivity index (χ1) is 12.6. The molecule has 134 valence electrons. The van der Waals surface area contributed by atoms with Crippen LogP contribution in [0.1, 0.15) is 30.7 Å². The van der Waals surface area contributed by atoms with E-state index in [9.17, 15) is 9.59 Å². The van der Waals surface area contributed by atoms with Crippen molar-refractivity contribution in [3.05, 3.63) is 71.2 Å². The Kier molecular flexibility index (Phi) is 5.53. The second kappa shape index (κ2) is 8.01. The van der Waals surface area contributed by atoms with Crippen LogP contribution in [0.4, 0.5) is 0 Å². The molecule has 1 aliphatic rings. The maximum absolute atomic E-state index is 12.5. The number of rotatable bonds is 5. The van der Waals surface area contributed by atoms with E-state index in [1.165, 1.54) is 11.1 Å². The highest BCUT2D eigenvalue weighted by molar-refractivity contribution is 6.30. The minimum atomic E-state index is -0.573. The van der Waals surface area contributed by atoms with Gasteiger partial charge in [-0.3, -0.25) is 4.79 Å². The third kappa shape index (κ3) is 4.03. The lowest BCUT2D eigenvalue weighted by atomic mass is 10.0. The molecule has 0 aliphatic carbocycles. The zero-order valence-electron chi connectivity index (χ0n) is 14.1. The molecule has 0 spiro atoms. The van der Waals surface area contributed by atoms with Gasteiger partial charge in [0.05, 0.1) is 12.0 Å². The number of carbonyl (C=O) groups is 2. The molecular formula is C19H17ClN2O4. The van der Waals surface area contributed by atoms with Gasteiger partial charge in [-0.05, 0) is 36.8 Å². The van der Waals surface area contributed by atoms with Crippen LogP contribution in [-0.4, -0.2) is 29.2 Å². The number of halogens is 1.